The lowest BCUT2D eigenvalue weighted by Gasteiger charge is -2.12. The third-order valence-electron chi connectivity index (χ3n) is 6.95. The Morgan fingerprint density at radius 2 is 1.64 bits per heavy atom. The zero-order valence-corrected chi connectivity index (χ0v) is 21.2. The Labute approximate surface area is 216 Å². The van der Waals surface area contributed by atoms with Crippen LogP contribution in [-0.4, -0.2) is 19.2 Å². The highest BCUT2D eigenvalue weighted by atomic mass is 32.1. The fraction of sp³-hybridized carbons (Fsp3) is 0.200. The van der Waals surface area contributed by atoms with E-state index in [0.29, 0.717) is 11.5 Å². The molecule has 2 N–H and O–H groups in total. The van der Waals surface area contributed by atoms with Crippen molar-refractivity contribution in [3.8, 4) is 11.1 Å². The summed E-state index contributed by atoms with van der Waals surface area (Å²) in [6, 6.07) is 29.1. The van der Waals surface area contributed by atoms with Crippen molar-refractivity contribution in [2.24, 2.45) is 0 Å². The van der Waals surface area contributed by atoms with Crippen LogP contribution in [0.25, 0.3) is 16.8 Å². The summed E-state index contributed by atoms with van der Waals surface area (Å²) in [6.45, 7) is 3.74. The molecule has 0 atom stereocenters. The first kappa shape index (κ1) is 22.6. The predicted molar refractivity (Wildman–Crippen MR) is 152 cm³/mol. The molecule has 5 aromatic rings. The second-order valence-corrected chi connectivity index (χ2v) is 9.73. The topological polar surface area (TPSA) is 46.3 Å². The standard InChI is InChI=1S/C30H29N5S/c1-21-12-8-9-18-25(21)31-20-26-33-35-28(29(36)32-23-15-6-3-7-16-23)27(22-13-4-2-5-14-22)24-17-10-11-19-34(26)30(24)35/h2-9,12-16,18,31H,10-11,17,19-20H2,1H3,(H,32,36). The van der Waals surface area contributed by atoms with Gasteiger partial charge < -0.3 is 15.2 Å². The number of hydrogen-bond acceptors (Lipinski definition) is 3. The molecule has 0 unspecified atom stereocenters. The molecule has 2 aromatic heterocycles. The van der Waals surface area contributed by atoms with Crippen molar-refractivity contribution in [3.63, 3.8) is 0 Å². The number of hydrogen-bond donors (Lipinski definition) is 2. The van der Waals surface area contributed by atoms with Gasteiger partial charge in [-0.25, -0.2) is 4.52 Å². The molecule has 36 heavy (non-hydrogen) atoms. The van der Waals surface area contributed by atoms with Gasteiger partial charge in [0.05, 0.1) is 6.54 Å². The minimum absolute atomic E-state index is 0.658. The molecule has 0 fully saturated rings. The molecular weight excluding hydrogens is 462 g/mol. The van der Waals surface area contributed by atoms with Gasteiger partial charge in [0, 0.05) is 29.0 Å². The molecule has 5 nitrogen and oxygen atoms in total. The van der Waals surface area contributed by atoms with Crippen molar-refractivity contribution in [2.75, 3.05) is 10.6 Å². The first-order valence-corrected chi connectivity index (χ1v) is 13.0. The second-order valence-electron chi connectivity index (χ2n) is 9.32. The summed E-state index contributed by atoms with van der Waals surface area (Å²) < 4.78 is 4.49. The van der Waals surface area contributed by atoms with E-state index >= 15 is 0 Å². The maximum absolute atomic E-state index is 6.05. The van der Waals surface area contributed by atoms with E-state index < -0.39 is 0 Å². The van der Waals surface area contributed by atoms with Crippen molar-refractivity contribution in [3.05, 3.63) is 108 Å². The van der Waals surface area contributed by atoms with Gasteiger partial charge in [0.25, 0.3) is 0 Å². The maximum Gasteiger partial charge on any atom is 0.150 e. The van der Waals surface area contributed by atoms with Gasteiger partial charge in [-0.15, -0.1) is 0 Å². The van der Waals surface area contributed by atoms with Crippen molar-refractivity contribution in [1.82, 2.24) is 14.2 Å². The largest absolute Gasteiger partial charge is 0.378 e. The molecule has 0 saturated heterocycles. The van der Waals surface area contributed by atoms with Crippen LogP contribution in [-0.2, 0) is 19.5 Å². The summed E-state index contributed by atoms with van der Waals surface area (Å²) in [7, 11) is 0. The fourth-order valence-electron chi connectivity index (χ4n) is 5.22. The number of anilines is 2. The number of benzene rings is 3. The molecule has 6 heteroatoms. The minimum atomic E-state index is 0.658. The van der Waals surface area contributed by atoms with Crippen LogP contribution in [0.2, 0.25) is 0 Å². The van der Waals surface area contributed by atoms with E-state index in [9.17, 15) is 0 Å². The molecule has 0 aliphatic carbocycles. The van der Waals surface area contributed by atoms with Gasteiger partial charge in [-0.3, -0.25) is 0 Å². The Morgan fingerprint density at radius 3 is 2.42 bits per heavy atom. The normalized spacial score (nSPS) is 12.9. The highest BCUT2D eigenvalue weighted by molar-refractivity contribution is 7.81. The molecule has 180 valence electrons. The van der Waals surface area contributed by atoms with Crippen LogP contribution in [0.15, 0.2) is 84.9 Å². The van der Waals surface area contributed by atoms with Crippen LogP contribution in [0.1, 0.15) is 35.5 Å². The zero-order valence-electron chi connectivity index (χ0n) is 20.4. The third kappa shape index (κ3) is 4.07. The van der Waals surface area contributed by atoms with E-state index in [1.54, 1.807) is 0 Å². The molecule has 0 bridgehead atoms. The van der Waals surface area contributed by atoms with Crippen LogP contribution < -0.4 is 10.6 Å². The lowest BCUT2D eigenvalue weighted by atomic mass is 9.98. The van der Waals surface area contributed by atoms with Gasteiger partial charge in [-0.05, 0) is 55.5 Å². The number of para-hydroxylation sites is 2. The Kier molecular flexibility index (Phi) is 6.03. The van der Waals surface area contributed by atoms with E-state index in [1.807, 2.05) is 30.3 Å². The Balaban J connectivity index is 1.50. The molecule has 3 heterocycles. The van der Waals surface area contributed by atoms with E-state index in [-0.39, 0.29) is 0 Å². The van der Waals surface area contributed by atoms with Crippen LogP contribution in [0, 0.1) is 6.92 Å². The minimum Gasteiger partial charge on any atom is -0.378 e. The van der Waals surface area contributed by atoms with Crippen molar-refractivity contribution >= 4 is 34.2 Å². The number of rotatable bonds is 6. The van der Waals surface area contributed by atoms with Crippen LogP contribution in [0.3, 0.4) is 0 Å². The smallest absolute Gasteiger partial charge is 0.150 e. The zero-order chi connectivity index (χ0) is 24.5. The molecular formula is C30H29N5S. The van der Waals surface area contributed by atoms with Gasteiger partial charge in [0.15, 0.2) is 5.82 Å². The number of nitrogens with one attached hydrogen (secondary N) is 2. The summed E-state index contributed by atoms with van der Waals surface area (Å²) >= 11 is 6.05. The number of aromatic nitrogens is 3. The number of nitrogens with zero attached hydrogens (tertiary/aromatic N) is 3. The van der Waals surface area contributed by atoms with Gasteiger partial charge in [0.2, 0.25) is 0 Å². The molecule has 6 rings (SSSR count). The summed E-state index contributed by atoms with van der Waals surface area (Å²) in [5.74, 6) is 1.03. The van der Waals surface area contributed by atoms with E-state index in [0.717, 1.165) is 48.7 Å². The summed E-state index contributed by atoms with van der Waals surface area (Å²) in [5.41, 5.74) is 9.18. The van der Waals surface area contributed by atoms with E-state index in [2.05, 4.69) is 81.2 Å². The van der Waals surface area contributed by atoms with Crippen molar-refractivity contribution in [2.45, 2.75) is 39.3 Å². The molecule has 0 spiro atoms. The van der Waals surface area contributed by atoms with Gasteiger partial charge >= 0.3 is 0 Å². The SMILES string of the molecule is Cc1ccccc1NCc1nn2c(C(=S)Nc3ccccc3)c(-c3ccccc3)c3c2n1CCCC3. The van der Waals surface area contributed by atoms with Crippen molar-refractivity contribution < 1.29 is 0 Å². The maximum atomic E-state index is 6.05. The number of aryl methyl sites for hydroxylation is 3. The quantitative estimate of drug-likeness (QED) is 0.255. The highest BCUT2D eigenvalue weighted by Crippen LogP contribution is 2.37. The monoisotopic (exact) mass is 491 g/mol. The lowest BCUT2D eigenvalue weighted by molar-refractivity contribution is 0.619. The van der Waals surface area contributed by atoms with Gasteiger partial charge in [0.1, 0.15) is 16.3 Å². The van der Waals surface area contributed by atoms with E-state index in [1.165, 1.54) is 27.9 Å². The average Bonchev–Trinajstić information content (AvgIpc) is 3.31. The van der Waals surface area contributed by atoms with Crippen LogP contribution in [0.5, 0.6) is 0 Å². The average molecular weight is 492 g/mol. The molecule has 0 radical (unpaired) electrons. The molecule has 1 aliphatic heterocycles. The first-order chi connectivity index (χ1) is 17.7. The van der Waals surface area contributed by atoms with Gasteiger partial charge in [-0.1, -0.05) is 78.9 Å². The summed E-state index contributed by atoms with van der Waals surface area (Å²) in [6.07, 6.45) is 3.29. The summed E-state index contributed by atoms with van der Waals surface area (Å²) in [4.78, 5) is 0.685. The van der Waals surface area contributed by atoms with Crippen LogP contribution in [0.4, 0.5) is 11.4 Å². The number of thiocarbonyl (C=S) groups is 1. The first-order valence-electron chi connectivity index (χ1n) is 12.5. The van der Waals surface area contributed by atoms with Crippen molar-refractivity contribution in [1.29, 1.82) is 0 Å². The predicted octanol–water partition coefficient (Wildman–Crippen LogP) is 6.85. The molecule has 0 saturated carbocycles. The van der Waals surface area contributed by atoms with Gasteiger partial charge in [-0.2, -0.15) is 5.10 Å². The van der Waals surface area contributed by atoms with E-state index in [4.69, 9.17) is 17.3 Å². The Hall–Kier alpha value is -3.90. The molecule has 1 aliphatic rings. The summed E-state index contributed by atoms with van der Waals surface area (Å²) in [5, 5.41) is 12.3. The lowest BCUT2D eigenvalue weighted by Crippen LogP contribution is -2.15. The fourth-order valence-corrected chi connectivity index (χ4v) is 5.52. The Morgan fingerprint density at radius 1 is 0.917 bits per heavy atom. The Bertz CT molecular complexity index is 1530. The highest BCUT2D eigenvalue weighted by Gasteiger charge is 2.29. The molecule has 0 amide bonds. The third-order valence-corrected chi connectivity index (χ3v) is 7.25. The van der Waals surface area contributed by atoms with Crippen LogP contribution >= 0.6 is 12.2 Å². The molecule has 3 aromatic carbocycles. The second kappa shape index (κ2) is 9.63.